The van der Waals surface area contributed by atoms with E-state index in [-0.39, 0.29) is 17.8 Å². The maximum absolute atomic E-state index is 12.4. The summed E-state index contributed by atoms with van der Waals surface area (Å²) in [5, 5.41) is 0. The molecule has 0 unspecified atom stereocenters. The van der Waals surface area contributed by atoms with Crippen molar-refractivity contribution in [3.8, 4) is 5.88 Å². The molecule has 1 aromatic rings. The Morgan fingerprint density at radius 3 is 2.86 bits per heavy atom. The molecule has 21 heavy (non-hydrogen) atoms. The second-order valence-corrected chi connectivity index (χ2v) is 4.93. The lowest BCUT2D eigenvalue weighted by molar-refractivity contribution is -0.149. The van der Waals surface area contributed by atoms with E-state index in [1.165, 1.54) is 13.3 Å². The van der Waals surface area contributed by atoms with E-state index in [4.69, 9.17) is 9.47 Å². The van der Waals surface area contributed by atoms with Crippen molar-refractivity contribution in [1.82, 2.24) is 9.88 Å². The molecule has 0 aliphatic carbocycles. The molecule has 6 heteroatoms. The van der Waals surface area contributed by atoms with E-state index in [9.17, 15) is 9.59 Å². The summed E-state index contributed by atoms with van der Waals surface area (Å²) in [6.07, 6.45) is 3.07. The quantitative estimate of drug-likeness (QED) is 0.787. The highest BCUT2D eigenvalue weighted by Crippen LogP contribution is 2.20. The number of hydrogen-bond donors (Lipinski definition) is 0. The Hall–Kier alpha value is -2.11. The maximum atomic E-state index is 12.4. The minimum Gasteiger partial charge on any atom is -0.481 e. The summed E-state index contributed by atoms with van der Waals surface area (Å²) in [5.41, 5.74) is 0.500. The van der Waals surface area contributed by atoms with Crippen LogP contribution in [0.15, 0.2) is 18.3 Å². The van der Waals surface area contributed by atoms with Crippen LogP contribution in [0.5, 0.6) is 5.88 Å². The molecule has 0 radical (unpaired) electrons. The first-order valence-electron chi connectivity index (χ1n) is 7.11. The van der Waals surface area contributed by atoms with Gasteiger partial charge in [0.05, 0.1) is 25.2 Å². The van der Waals surface area contributed by atoms with Gasteiger partial charge in [0.1, 0.15) is 0 Å². The topological polar surface area (TPSA) is 68.7 Å². The number of carbonyl (C=O) groups excluding carboxylic acids is 2. The highest BCUT2D eigenvalue weighted by molar-refractivity contribution is 5.94. The lowest BCUT2D eigenvalue weighted by atomic mass is 9.97. The molecule has 2 rings (SSSR count). The van der Waals surface area contributed by atoms with Gasteiger partial charge in [-0.05, 0) is 25.8 Å². The van der Waals surface area contributed by atoms with Gasteiger partial charge in [-0.15, -0.1) is 0 Å². The molecular formula is C15H20N2O4. The van der Waals surface area contributed by atoms with Crippen LogP contribution >= 0.6 is 0 Å². The van der Waals surface area contributed by atoms with Crippen molar-refractivity contribution >= 4 is 11.9 Å². The molecular weight excluding hydrogens is 272 g/mol. The molecule has 0 bridgehead atoms. The summed E-state index contributed by atoms with van der Waals surface area (Å²) in [6, 6.07) is 3.34. The van der Waals surface area contributed by atoms with E-state index in [0.717, 1.165) is 12.8 Å². The smallest absolute Gasteiger partial charge is 0.310 e. The Balaban J connectivity index is 2.02. The van der Waals surface area contributed by atoms with Gasteiger partial charge in [-0.25, -0.2) is 4.98 Å². The van der Waals surface area contributed by atoms with Crippen molar-refractivity contribution in [3.63, 3.8) is 0 Å². The van der Waals surface area contributed by atoms with Gasteiger partial charge in [-0.3, -0.25) is 9.59 Å². The molecule has 1 fully saturated rings. The minimum atomic E-state index is -0.228. The summed E-state index contributed by atoms with van der Waals surface area (Å²) in [4.78, 5) is 29.9. The molecule has 0 saturated carbocycles. The molecule has 2 heterocycles. The Kier molecular flexibility index (Phi) is 5.14. The van der Waals surface area contributed by atoms with Gasteiger partial charge >= 0.3 is 5.97 Å². The van der Waals surface area contributed by atoms with Gasteiger partial charge in [-0.2, -0.15) is 0 Å². The first-order chi connectivity index (χ1) is 10.2. The Morgan fingerprint density at radius 2 is 2.24 bits per heavy atom. The predicted octanol–water partition coefficient (Wildman–Crippen LogP) is 1.51. The molecule has 6 nitrogen and oxygen atoms in total. The average Bonchev–Trinajstić information content (AvgIpc) is 2.54. The van der Waals surface area contributed by atoms with E-state index in [2.05, 4.69) is 4.98 Å². The van der Waals surface area contributed by atoms with Crippen molar-refractivity contribution in [1.29, 1.82) is 0 Å². The monoisotopic (exact) mass is 292 g/mol. The van der Waals surface area contributed by atoms with E-state index >= 15 is 0 Å². The van der Waals surface area contributed by atoms with Gasteiger partial charge in [0.15, 0.2) is 0 Å². The molecule has 1 aliphatic rings. The largest absolute Gasteiger partial charge is 0.481 e. The number of amides is 1. The first-order valence-corrected chi connectivity index (χ1v) is 7.11. The number of aromatic nitrogens is 1. The summed E-state index contributed by atoms with van der Waals surface area (Å²) in [5.74, 6) is -0.0922. The van der Waals surface area contributed by atoms with Crippen molar-refractivity contribution in [2.24, 2.45) is 5.92 Å². The average molecular weight is 292 g/mol. The third kappa shape index (κ3) is 3.71. The second-order valence-electron chi connectivity index (χ2n) is 4.93. The summed E-state index contributed by atoms with van der Waals surface area (Å²) in [6.45, 7) is 3.21. The van der Waals surface area contributed by atoms with Crippen LogP contribution in [0.25, 0.3) is 0 Å². The minimum absolute atomic E-state index is 0.112. The number of piperidine rings is 1. The molecule has 1 amide bonds. The number of esters is 1. The van der Waals surface area contributed by atoms with Gasteiger partial charge in [0.25, 0.3) is 5.91 Å². The molecule has 0 spiro atoms. The Labute approximate surface area is 124 Å². The standard InChI is InChI=1S/C15H20N2O4/c1-3-21-15(19)12-5-4-8-17(10-12)14(18)11-6-7-13(20-2)16-9-11/h6-7,9,12H,3-5,8,10H2,1-2H3/t12-/m0/s1. The lowest BCUT2D eigenvalue weighted by Crippen LogP contribution is -2.42. The van der Waals surface area contributed by atoms with Gasteiger partial charge in [0, 0.05) is 25.4 Å². The van der Waals surface area contributed by atoms with Crippen molar-refractivity contribution in [2.45, 2.75) is 19.8 Å². The fourth-order valence-electron chi connectivity index (χ4n) is 2.42. The predicted molar refractivity (Wildman–Crippen MR) is 76.0 cm³/mol. The maximum Gasteiger partial charge on any atom is 0.310 e. The van der Waals surface area contributed by atoms with E-state index in [0.29, 0.717) is 31.1 Å². The third-order valence-corrected chi connectivity index (χ3v) is 3.52. The van der Waals surface area contributed by atoms with Gasteiger partial charge < -0.3 is 14.4 Å². The zero-order valence-electron chi connectivity index (χ0n) is 12.4. The van der Waals surface area contributed by atoms with Crippen LogP contribution in [0.2, 0.25) is 0 Å². The number of hydrogen-bond acceptors (Lipinski definition) is 5. The number of methoxy groups -OCH3 is 1. The molecule has 1 aromatic heterocycles. The third-order valence-electron chi connectivity index (χ3n) is 3.52. The summed E-state index contributed by atoms with van der Waals surface area (Å²) >= 11 is 0. The van der Waals surface area contributed by atoms with Crippen LogP contribution in [0.1, 0.15) is 30.1 Å². The fourth-order valence-corrected chi connectivity index (χ4v) is 2.42. The van der Waals surface area contributed by atoms with E-state index in [1.807, 2.05) is 0 Å². The zero-order chi connectivity index (χ0) is 15.2. The first kappa shape index (κ1) is 15.3. The molecule has 1 saturated heterocycles. The summed E-state index contributed by atoms with van der Waals surface area (Å²) < 4.78 is 10.0. The highest BCUT2D eigenvalue weighted by atomic mass is 16.5. The number of rotatable bonds is 4. The molecule has 1 atom stereocenters. The lowest BCUT2D eigenvalue weighted by Gasteiger charge is -2.31. The number of likely N-dealkylation sites (tertiary alicyclic amines) is 1. The fraction of sp³-hybridized carbons (Fsp3) is 0.533. The number of nitrogens with zero attached hydrogens (tertiary/aromatic N) is 2. The van der Waals surface area contributed by atoms with Crippen LogP contribution in [-0.4, -0.2) is 48.6 Å². The Morgan fingerprint density at radius 1 is 1.43 bits per heavy atom. The molecule has 1 aliphatic heterocycles. The van der Waals surface area contributed by atoms with Crippen LogP contribution in [0, 0.1) is 5.92 Å². The number of carbonyl (C=O) groups is 2. The van der Waals surface area contributed by atoms with Gasteiger partial charge in [0.2, 0.25) is 5.88 Å². The SMILES string of the molecule is CCOC(=O)[C@H]1CCCN(C(=O)c2ccc(OC)nc2)C1. The highest BCUT2D eigenvalue weighted by Gasteiger charge is 2.29. The van der Waals surface area contributed by atoms with Crippen molar-refractivity contribution < 1.29 is 19.1 Å². The molecule has 0 N–H and O–H groups in total. The van der Waals surface area contributed by atoms with Crippen LogP contribution in [-0.2, 0) is 9.53 Å². The van der Waals surface area contributed by atoms with Crippen LogP contribution in [0.3, 0.4) is 0 Å². The van der Waals surface area contributed by atoms with Crippen molar-refractivity contribution in [3.05, 3.63) is 23.9 Å². The van der Waals surface area contributed by atoms with Crippen molar-refractivity contribution in [2.75, 3.05) is 26.8 Å². The van der Waals surface area contributed by atoms with E-state index in [1.54, 1.807) is 24.0 Å². The second kappa shape index (κ2) is 7.06. The molecule has 0 aromatic carbocycles. The van der Waals surface area contributed by atoms with Gasteiger partial charge in [-0.1, -0.05) is 0 Å². The normalized spacial score (nSPS) is 18.2. The van der Waals surface area contributed by atoms with Crippen LogP contribution < -0.4 is 4.74 Å². The zero-order valence-corrected chi connectivity index (χ0v) is 12.4. The number of pyridine rings is 1. The van der Waals surface area contributed by atoms with Crippen LogP contribution in [0.4, 0.5) is 0 Å². The Bertz CT molecular complexity index is 501. The van der Waals surface area contributed by atoms with E-state index < -0.39 is 0 Å². The molecule has 114 valence electrons. The number of ether oxygens (including phenoxy) is 2. The summed E-state index contributed by atoms with van der Waals surface area (Å²) in [7, 11) is 1.53.